The van der Waals surface area contributed by atoms with Crippen molar-refractivity contribution in [3.05, 3.63) is 35.1 Å². The summed E-state index contributed by atoms with van der Waals surface area (Å²) in [6, 6.07) is 2.47. The van der Waals surface area contributed by atoms with Gasteiger partial charge < -0.3 is 5.32 Å². The Kier molecular flexibility index (Phi) is 4.91. The van der Waals surface area contributed by atoms with E-state index in [4.69, 9.17) is 0 Å². The van der Waals surface area contributed by atoms with Crippen molar-refractivity contribution in [2.24, 2.45) is 5.92 Å². The van der Waals surface area contributed by atoms with Crippen molar-refractivity contribution in [2.45, 2.75) is 26.4 Å². The van der Waals surface area contributed by atoms with Gasteiger partial charge in [0.2, 0.25) is 0 Å². The van der Waals surface area contributed by atoms with Crippen LogP contribution < -0.4 is 5.32 Å². The Hall–Kier alpha value is -1.59. The van der Waals surface area contributed by atoms with Gasteiger partial charge in [0, 0.05) is 6.54 Å². The number of benzene rings is 1. The second-order valence-electron chi connectivity index (χ2n) is 4.60. The van der Waals surface area contributed by atoms with Gasteiger partial charge in [0.05, 0.1) is 11.1 Å². The van der Waals surface area contributed by atoms with E-state index in [0.29, 0.717) is 18.4 Å². The molecule has 0 fully saturated rings. The van der Waals surface area contributed by atoms with Crippen LogP contribution >= 0.6 is 0 Å². The lowest BCUT2D eigenvalue weighted by Gasteiger charge is -2.14. The van der Waals surface area contributed by atoms with Gasteiger partial charge in [0.15, 0.2) is 0 Å². The molecule has 0 aliphatic carbocycles. The number of hydrogen-bond acceptors (Lipinski definition) is 1. The minimum Gasteiger partial charge on any atom is -0.352 e. The highest BCUT2D eigenvalue weighted by molar-refractivity contribution is 5.96. The second kappa shape index (κ2) is 6.04. The Morgan fingerprint density at radius 3 is 2.47 bits per heavy atom. The van der Waals surface area contributed by atoms with Gasteiger partial charge in [-0.05, 0) is 24.5 Å². The molecule has 0 saturated heterocycles. The fraction of sp³-hybridized carbons (Fsp3) is 0.462. The Balaban J connectivity index is 2.96. The van der Waals surface area contributed by atoms with Crippen LogP contribution in [-0.2, 0) is 6.18 Å². The van der Waals surface area contributed by atoms with Gasteiger partial charge in [-0.25, -0.2) is 4.39 Å². The Labute approximate surface area is 108 Å². The number of carbonyl (C=O) groups is 1. The molecular weight excluding hydrogens is 262 g/mol. The summed E-state index contributed by atoms with van der Waals surface area (Å²) in [5.41, 5.74) is -2.20. The highest BCUT2D eigenvalue weighted by atomic mass is 19.4. The summed E-state index contributed by atoms with van der Waals surface area (Å²) in [4.78, 5) is 11.7. The molecular formula is C13H15F4NO. The first-order valence-corrected chi connectivity index (χ1v) is 5.87. The zero-order valence-electron chi connectivity index (χ0n) is 10.6. The molecule has 0 aliphatic heterocycles. The number of alkyl halides is 3. The van der Waals surface area contributed by atoms with Crippen molar-refractivity contribution in [1.82, 2.24) is 5.32 Å². The molecule has 0 spiro atoms. The smallest absolute Gasteiger partial charge is 0.352 e. The third kappa shape index (κ3) is 4.22. The Morgan fingerprint density at radius 2 is 1.95 bits per heavy atom. The minimum atomic E-state index is -4.76. The van der Waals surface area contributed by atoms with E-state index in [2.05, 4.69) is 5.32 Å². The van der Waals surface area contributed by atoms with Gasteiger partial charge in [-0.1, -0.05) is 19.9 Å². The van der Waals surface area contributed by atoms with Crippen molar-refractivity contribution in [3.8, 4) is 0 Å². The molecule has 0 unspecified atom stereocenters. The van der Waals surface area contributed by atoms with E-state index >= 15 is 0 Å². The zero-order chi connectivity index (χ0) is 14.6. The van der Waals surface area contributed by atoms with Crippen molar-refractivity contribution in [1.29, 1.82) is 0 Å². The lowest BCUT2D eigenvalue weighted by molar-refractivity contribution is -0.138. The third-order valence-corrected chi connectivity index (χ3v) is 2.55. The van der Waals surface area contributed by atoms with Crippen LogP contribution in [0.15, 0.2) is 18.2 Å². The number of halogens is 4. The summed E-state index contributed by atoms with van der Waals surface area (Å²) >= 11 is 0. The van der Waals surface area contributed by atoms with Crippen molar-refractivity contribution in [2.75, 3.05) is 6.54 Å². The number of hydrogen-bond donors (Lipinski definition) is 1. The molecule has 1 aromatic rings. The van der Waals surface area contributed by atoms with E-state index in [1.165, 1.54) is 0 Å². The topological polar surface area (TPSA) is 29.1 Å². The molecule has 0 bridgehead atoms. The quantitative estimate of drug-likeness (QED) is 0.837. The molecule has 0 aromatic heterocycles. The molecule has 2 nitrogen and oxygen atoms in total. The number of nitrogens with one attached hydrogen (secondary N) is 1. The van der Waals surface area contributed by atoms with E-state index in [1.54, 1.807) is 0 Å². The van der Waals surface area contributed by atoms with Gasteiger partial charge in [-0.2, -0.15) is 13.2 Å². The summed E-state index contributed by atoms with van der Waals surface area (Å²) < 4.78 is 51.5. The van der Waals surface area contributed by atoms with E-state index in [0.717, 1.165) is 12.1 Å². The van der Waals surface area contributed by atoms with Gasteiger partial charge in [0.25, 0.3) is 5.91 Å². The highest BCUT2D eigenvalue weighted by Crippen LogP contribution is 2.32. The molecule has 0 heterocycles. The maximum atomic E-state index is 13.5. The average molecular weight is 277 g/mol. The van der Waals surface area contributed by atoms with E-state index in [-0.39, 0.29) is 6.54 Å². The fourth-order valence-electron chi connectivity index (χ4n) is 1.55. The number of carbonyl (C=O) groups excluding carboxylic acids is 1. The molecule has 0 saturated carbocycles. The largest absolute Gasteiger partial charge is 0.417 e. The minimum absolute atomic E-state index is 0.210. The Morgan fingerprint density at radius 1 is 1.32 bits per heavy atom. The van der Waals surface area contributed by atoms with Crippen LogP contribution in [0.5, 0.6) is 0 Å². The molecule has 6 heteroatoms. The standard InChI is InChI=1S/C13H15F4NO/c1-8(2)6-7-18-12(19)11-9(13(15,16)17)4-3-5-10(11)14/h3-5,8H,6-7H2,1-2H3,(H,18,19). The summed E-state index contributed by atoms with van der Waals surface area (Å²) in [5.74, 6) is -1.91. The Bertz CT molecular complexity index is 454. The zero-order valence-corrected chi connectivity index (χ0v) is 10.6. The van der Waals surface area contributed by atoms with Gasteiger partial charge in [-0.15, -0.1) is 0 Å². The predicted octanol–water partition coefficient (Wildman–Crippen LogP) is 3.62. The van der Waals surface area contributed by atoms with Crippen LogP contribution in [0.25, 0.3) is 0 Å². The van der Waals surface area contributed by atoms with Crippen molar-refractivity contribution in [3.63, 3.8) is 0 Å². The van der Waals surface area contributed by atoms with Crippen LogP contribution in [0.3, 0.4) is 0 Å². The first kappa shape index (κ1) is 15.5. The maximum absolute atomic E-state index is 13.5. The molecule has 106 valence electrons. The second-order valence-corrected chi connectivity index (χ2v) is 4.60. The molecule has 0 radical (unpaired) electrons. The van der Waals surface area contributed by atoms with Crippen LogP contribution in [0.4, 0.5) is 17.6 Å². The normalized spacial score (nSPS) is 11.7. The fourth-order valence-corrected chi connectivity index (χ4v) is 1.55. The number of rotatable bonds is 4. The van der Waals surface area contributed by atoms with Crippen LogP contribution in [-0.4, -0.2) is 12.5 Å². The molecule has 1 amide bonds. The lowest BCUT2D eigenvalue weighted by atomic mass is 10.1. The average Bonchev–Trinajstić information content (AvgIpc) is 2.26. The lowest BCUT2D eigenvalue weighted by Crippen LogP contribution is -2.29. The van der Waals surface area contributed by atoms with Crippen LogP contribution in [0.1, 0.15) is 36.2 Å². The molecule has 0 aliphatic rings. The summed E-state index contributed by atoms with van der Waals surface area (Å²) in [7, 11) is 0. The molecule has 1 aromatic carbocycles. The van der Waals surface area contributed by atoms with Crippen LogP contribution in [0, 0.1) is 11.7 Å². The molecule has 1 rings (SSSR count). The first-order valence-electron chi connectivity index (χ1n) is 5.87. The summed E-state index contributed by atoms with van der Waals surface area (Å²) in [6.07, 6.45) is -4.14. The molecule has 1 N–H and O–H groups in total. The molecule has 0 atom stereocenters. The van der Waals surface area contributed by atoms with E-state index in [1.807, 2.05) is 13.8 Å². The predicted molar refractivity (Wildman–Crippen MR) is 63.2 cm³/mol. The van der Waals surface area contributed by atoms with E-state index < -0.39 is 29.0 Å². The van der Waals surface area contributed by atoms with Gasteiger partial charge >= 0.3 is 6.18 Å². The highest BCUT2D eigenvalue weighted by Gasteiger charge is 2.36. The number of amides is 1. The summed E-state index contributed by atoms with van der Waals surface area (Å²) in [6.45, 7) is 4.04. The van der Waals surface area contributed by atoms with Crippen molar-refractivity contribution < 1.29 is 22.4 Å². The van der Waals surface area contributed by atoms with Gasteiger partial charge in [0.1, 0.15) is 5.82 Å². The summed E-state index contributed by atoms with van der Waals surface area (Å²) in [5, 5.41) is 2.30. The monoisotopic (exact) mass is 277 g/mol. The van der Waals surface area contributed by atoms with Crippen LogP contribution in [0.2, 0.25) is 0 Å². The maximum Gasteiger partial charge on any atom is 0.417 e. The SMILES string of the molecule is CC(C)CCNC(=O)c1c(F)cccc1C(F)(F)F. The first-order chi connectivity index (χ1) is 8.73. The van der Waals surface area contributed by atoms with Crippen molar-refractivity contribution >= 4 is 5.91 Å². The van der Waals surface area contributed by atoms with E-state index in [9.17, 15) is 22.4 Å². The van der Waals surface area contributed by atoms with Gasteiger partial charge in [-0.3, -0.25) is 4.79 Å². The molecule has 19 heavy (non-hydrogen) atoms. The third-order valence-electron chi connectivity index (χ3n) is 2.55.